The number of rotatable bonds is 6. The van der Waals surface area contributed by atoms with Crippen LogP contribution in [-0.2, 0) is 9.59 Å². The third-order valence-electron chi connectivity index (χ3n) is 2.71. The minimum atomic E-state index is -1.04. The number of benzene rings is 1. The fourth-order valence-corrected chi connectivity index (χ4v) is 1.81. The van der Waals surface area contributed by atoms with Gasteiger partial charge in [-0.05, 0) is 19.4 Å². The van der Waals surface area contributed by atoms with E-state index in [-0.39, 0.29) is 12.8 Å². The monoisotopic (exact) mass is 252 g/mol. The number of aryl methyl sites for hydroxylation is 1. The van der Waals surface area contributed by atoms with Gasteiger partial charge >= 0.3 is 11.9 Å². The SMILES string of the molecule is COc1ccc(C)cc1C(CCC(=O)O)C(=O)O. The van der Waals surface area contributed by atoms with Crippen LogP contribution in [0.2, 0.25) is 0 Å². The lowest BCUT2D eigenvalue weighted by molar-refractivity contribution is -0.140. The zero-order valence-corrected chi connectivity index (χ0v) is 10.3. The Bertz CT molecular complexity index is 453. The Morgan fingerprint density at radius 3 is 2.50 bits per heavy atom. The van der Waals surface area contributed by atoms with Crippen molar-refractivity contribution in [2.45, 2.75) is 25.7 Å². The second-order valence-electron chi connectivity index (χ2n) is 4.07. The van der Waals surface area contributed by atoms with Gasteiger partial charge in [-0.2, -0.15) is 0 Å². The van der Waals surface area contributed by atoms with Gasteiger partial charge in [-0.15, -0.1) is 0 Å². The van der Waals surface area contributed by atoms with Gasteiger partial charge in [0.25, 0.3) is 0 Å². The van der Waals surface area contributed by atoms with Crippen LogP contribution in [-0.4, -0.2) is 29.3 Å². The number of carbonyl (C=O) groups is 2. The van der Waals surface area contributed by atoms with Crippen LogP contribution >= 0.6 is 0 Å². The van der Waals surface area contributed by atoms with Gasteiger partial charge in [0.1, 0.15) is 5.75 Å². The quantitative estimate of drug-likeness (QED) is 0.809. The summed E-state index contributed by atoms with van der Waals surface area (Å²) in [5.74, 6) is -2.44. The molecule has 0 aromatic heterocycles. The predicted octanol–water partition coefficient (Wildman–Crippen LogP) is 2.04. The highest BCUT2D eigenvalue weighted by Crippen LogP contribution is 2.31. The molecular weight excluding hydrogens is 236 g/mol. The lowest BCUT2D eigenvalue weighted by atomic mass is 9.92. The van der Waals surface area contributed by atoms with Crippen LogP contribution in [0.4, 0.5) is 0 Å². The molecule has 1 aromatic rings. The molecule has 0 saturated heterocycles. The molecule has 0 aliphatic rings. The summed E-state index contributed by atoms with van der Waals surface area (Å²) in [6.45, 7) is 1.85. The van der Waals surface area contributed by atoms with Gasteiger partial charge in [-0.25, -0.2) is 0 Å². The van der Waals surface area contributed by atoms with Gasteiger partial charge in [0.05, 0.1) is 13.0 Å². The molecule has 0 bridgehead atoms. The van der Waals surface area contributed by atoms with Crippen LogP contribution in [0.15, 0.2) is 18.2 Å². The molecule has 0 heterocycles. The first-order valence-corrected chi connectivity index (χ1v) is 5.55. The second kappa shape index (κ2) is 6.05. The Labute approximate surface area is 105 Å². The summed E-state index contributed by atoms with van der Waals surface area (Å²) < 4.78 is 5.13. The minimum Gasteiger partial charge on any atom is -0.496 e. The van der Waals surface area contributed by atoms with Crippen molar-refractivity contribution in [2.24, 2.45) is 0 Å². The topological polar surface area (TPSA) is 83.8 Å². The van der Waals surface area contributed by atoms with Crippen molar-refractivity contribution in [3.63, 3.8) is 0 Å². The summed E-state index contributed by atoms with van der Waals surface area (Å²) in [5, 5.41) is 17.8. The van der Waals surface area contributed by atoms with E-state index in [1.54, 1.807) is 12.1 Å². The van der Waals surface area contributed by atoms with Crippen LogP contribution < -0.4 is 4.74 Å². The molecule has 0 saturated carbocycles. The van der Waals surface area contributed by atoms with Crippen LogP contribution in [0.25, 0.3) is 0 Å². The van der Waals surface area contributed by atoms with Crippen LogP contribution in [0, 0.1) is 6.92 Å². The van der Waals surface area contributed by atoms with E-state index < -0.39 is 17.9 Å². The van der Waals surface area contributed by atoms with E-state index in [1.807, 2.05) is 13.0 Å². The molecule has 0 aliphatic carbocycles. The highest BCUT2D eigenvalue weighted by Gasteiger charge is 2.24. The molecule has 0 amide bonds. The lowest BCUT2D eigenvalue weighted by Crippen LogP contribution is -2.14. The van der Waals surface area contributed by atoms with Gasteiger partial charge in [0.2, 0.25) is 0 Å². The maximum absolute atomic E-state index is 11.2. The molecular formula is C13H16O5. The lowest BCUT2D eigenvalue weighted by Gasteiger charge is -2.16. The molecule has 1 aromatic carbocycles. The first-order chi connectivity index (χ1) is 8.45. The number of ether oxygens (including phenoxy) is 1. The number of hydrogen-bond acceptors (Lipinski definition) is 3. The third-order valence-corrected chi connectivity index (χ3v) is 2.71. The van der Waals surface area contributed by atoms with Crippen molar-refractivity contribution in [1.82, 2.24) is 0 Å². The van der Waals surface area contributed by atoms with E-state index in [9.17, 15) is 14.7 Å². The van der Waals surface area contributed by atoms with Crippen molar-refractivity contribution in [3.05, 3.63) is 29.3 Å². The number of carboxylic acid groups (broad SMARTS) is 2. The summed E-state index contributed by atoms with van der Waals surface area (Å²) in [4.78, 5) is 21.8. The van der Waals surface area contributed by atoms with Crippen molar-refractivity contribution in [2.75, 3.05) is 7.11 Å². The highest BCUT2D eigenvalue weighted by molar-refractivity contribution is 5.78. The van der Waals surface area contributed by atoms with E-state index in [2.05, 4.69) is 0 Å². The van der Waals surface area contributed by atoms with Crippen molar-refractivity contribution in [3.8, 4) is 5.75 Å². The number of aliphatic carboxylic acids is 2. The van der Waals surface area contributed by atoms with E-state index in [1.165, 1.54) is 7.11 Å². The predicted molar refractivity (Wildman–Crippen MR) is 65.0 cm³/mol. The Balaban J connectivity index is 3.08. The molecule has 0 fully saturated rings. The molecule has 1 unspecified atom stereocenters. The highest BCUT2D eigenvalue weighted by atomic mass is 16.5. The largest absolute Gasteiger partial charge is 0.496 e. The number of hydrogen-bond donors (Lipinski definition) is 2. The minimum absolute atomic E-state index is 0.0461. The summed E-state index contributed by atoms with van der Waals surface area (Å²) in [5.41, 5.74) is 1.43. The Hall–Kier alpha value is -2.04. The number of carboxylic acids is 2. The zero-order valence-electron chi connectivity index (χ0n) is 10.3. The molecule has 18 heavy (non-hydrogen) atoms. The summed E-state index contributed by atoms with van der Waals surface area (Å²) >= 11 is 0. The van der Waals surface area contributed by atoms with Crippen LogP contribution in [0.3, 0.4) is 0 Å². The molecule has 5 nitrogen and oxygen atoms in total. The normalized spacial score (nSPS) is 11.9. The molecule has 0 aliphatic heterocycles. The van der Waals surface area contributed by atoms with Crippen LogP contribution in [0.5, 0.6) is 5.75 Å². The van der Waals surface area contributed by atoms with Crippen molar-refractivity contribution >= 4 is 11.9 Å². The average molecular weight is 252 g/mol. The number of methoxy groups -OCH3 is 1. The van der Waals surface area contributed by atoms with E-state index in [4.69, 9.17) is 9.84 Å². The Morgan fingerprint density at radius 1 is 1.33 bits per heavy atom. The molecule has 0 radical (unpaired) electrons. The molecule has 5 heteroatoms. The summed E-state index contributed by atoms with van der Waals surface area (Å²) in [7, 11) is 1.46. The Morgan fingerprint density at radius 2 is 2.00 bits per heavy atom. The van der Waals surface area contributed by atoms with Gasteiger partial charge in [0.15, 0.2) is 0 Å². The van der Waals surface area contributed by atoms with E-state index in [0.717, 1.165) is 5.56 Å². The first-order valence-electron chi connectivity index (χ1n) is 5.55. The van der Waals surface area contributed by atoms with Gasteiger partial charge in [-0.3, -0.25) is 9.59 Å². The zero-order chi connectivity index (χ0) is 13.7. The van der Waals surface area contributed by atoms with E-state index in [0.29, 0.717) is 11.3 Å². The van der Waals surface area contributed by atoms with Gasteiger partial charge < -0.3 is 14.9 Å². The smallest absolute Gasteiger partial charge is 0.311 e. The van der Waals surface area contributed by atoms with E-state index >= 15 is 0 Å². The molecule has 0 spiro atoms. The summed E-state index contributed by atoms with van der Waals surface area (Å²) in [6, 6.07) is 5.24. The van der Waals surface area contributed by atoms with Crippen molar-refractivity contribution < 1.29 is 24.5 Å². The van der Waals surface area contributed by atoms with Gasteiger partial charge in [-0.1, -0.05) is 17.7 Å². The van der Waals surface area contributed by atoms with Gasteiger partial charge in [0, 0.05) is 12.0 Å². The first kappa shape index (κ1) is 14.0. The average Bonchev–Trinajstić information content (AvgIpc) is 2.28. The third kappa shape index (κ3) is 3.48. The molecule has 1 rings (SSSR count). The molecule has 1 atom stereocenters. The maximum atomic E-state index is 11.2. The Kier molecular flexibility index (Phi) is 4.71. The molecule has 2 N–H and O–H groups in total. The standard InChI is InChI=1S/C13H16O5/c1-8-3-5-11(18-2)10(7-8)9(13(16)17)4-6-12(14)15/h3,5,7,9H,4,6H2,1-2H3,(H,14,15)(H,16,17). The maximum Gasteiger partial charge on any atom is 0.311 e. The fourth-order valence-electron chi connectivity index (χ4n) is 1.81. The van der Waals surface area contributed by atoms with Crippen molar-refractivity contribution in [1.29, 1.82) is 0 Å². The molecule has 98 valence electrons. The fraction of sp³-hybridized carbons (Fsp3) is 0.385. The van der Waals surface area contributed by atoms with Crippen LogP contribution in [0.1, 0.15) is 29.9 Å². The second-order valence-corrected chi connectivity index (χ2v) is 4.07. The summed E-state index contributed by atoms with van der Waals surface area (Å²) in [6.07, 6.45) is -0.140.